The predicted octanol–water partition coefficient (Wildman–Crippen LogP) is 12.2. The summed E-state index contributed by atoms with van der Waals surface area (Å²) in [5.74, 6) is 0. The van der Waals surface area contributed by atoms with Crippen LogP contribution in [-0.4, -0.2) is 5.71 Å². The van der Waals surface area contributed by atoms with Crippen LogP contribution in [0.5, 0.6) is 0 Å². The Labute approximate surface area is 264 Å². The maximum atomic E-state index is 9.06. The van der Waals surface area contributed by atoms with E-state index in [1.165, 1.54) is 60.0 Å². The molecule has 0 aliphatic heterocycles. The summed E-state index contributed by atoms with van der Waals surface area (Å²) >= 11 is 0. The minimum atomic E-state index is 0.426. The minimum Gasteiger partial charge on any atom is -0.300 e. The summed E-state index contributed by atoms with van der Waals surface area (Å²) in [6.07, 6.45) is 7.58. The van der Waals surface area contributed by atoms with E-state index in [0.29, 0.717) is 5.71 Å². The smallest absolute Gasteiger partial charge is 0.0612 e. The van der Waals surface area contributed by atoms with Crippen molar-refractivity contribution in [1.82, 2.24) is 0 Å². The quantitative estimate of drug-likeness (QED) is 0.0846. The number of hydrogen-bond donors (Lipinski definition) is 1. The van der Waals surface area contributed by atoms with E-state index in [-0.39, 0.29) is 0 Å². The van der Waals surface area contributed by atoms with Crippen LogP contribution < -0.4 is 0 Å². The van der Waals surface area contributed by atoms with Gasteiger partial charge >= 0.3 is 0 Å². The van der Waals surface area contributed by atoms with Crippen LogP contribution in [0.25, 0.3) is 65.3 Å². The second kappa shape index (κ2) is 11.7. The van der Waals surface area contributed by atoms with Crippen molar-refractivity contribution in [2.75, 3.05) is 0 Å². The largest absolute Gasteiger partial charge is 0.300 e. The summed E-state index contributed by atoms with van der Waals surface area (Å²) in [4.78, 5) is 0. The van der Waals surface area contributed by atoms with Crippen molar-refractivity contribution in [3.63, 3.8) is 0 Å². The Morgan fingerprint density at radius 2 is 1.09 bits per heavy atom. The van der Waals surface area contributed by atoms with Gasteiger partial charge < -0.3 is 5.41 Å². The molecule has 7 aromatic carbocycles. The van der Waals surface area contributed by atoms with Gasteiger partial charge in [-0.25, -0.2) is 0 Å². The Morgan fingerprint density at radius 3 is 1.82 bits per heavy atom. The highest BCUT2D eigenvalue weighted by atomic mass is 14.4. The van der Waals surface area contributed by atoms with E-state index in [4.69, 9.17) is 5.41 Å². The van der Waals surface area contributed by atoms with Crippen LogP contribution in [0.15, 0.2) is 176 Å². The van der Waals surface area contributed by atoms with Gasteiger partial charge in [0.25, 0.3) is 0 Å². The van der Waals surface area contributed by atoms with Gasteiger partial charge in [0.05, 0.1) is 5.71 Å². The van der Waals surface area contributed by atoms with Gasteiger partial charge in [-0.2, -0.15) is 0 Å². The summed E-state index contributed by atoms with van der Waals surface area (Å²) in [7, 11) is 0. The predicted molar refractivity (Wildman–Crippen MR) is 196 cm³/mol. The van der Waals surface area contributed by atoms with Crippen LogP contribution >= 0.6 is 0 Å². The molecular weight excluding hydrogens is 542 g/mol. The van der Waals surface area contributed by atoms with Gasteiger partial charge in [-0.05, 0) is 102 Å². The molecule has 1 N–H and O–H groups in total. The topological polar surface area (TPSA) is 23.9 Å². The zero-order valence-corrected chi connectivity index (χ0v) is 25.3. The van der Waals surface area contributed by atoms with Crippen molar-refractivity contribution in [2.45, 2.75) is 6.92 Å². The second-order valence-electron chi connectivity index (χ2n) is 11.4. The fourth-order valence-electron chi connectivity index (χ4n) is 6.51. The average molecular weight is 576 g/mol. The zero-order valence-electron chi connectivity index (χ0n) is 25.3. The third kappa shape index (κ3) is 4.99. The molecule has 0 heterocycles. The van der Waals surface area contributed by atoms with E-state index in [0.717, 1.165) is 22.1 Å². The standard InChI is InChI=1S/C44H33N/c1-4-14-29(2)30(3)23-26-42(45)33-24-25-39-41(28-33)44(38-22-13-12-21-37(38)43(39)31-15-6-5-7-16-31)40-27-32-17-8-9-18-34(32)35-19-10-11-20-36(35)40/h4-28,45H,2-3H2,1H3/b14-4-,26-23-,45-42?. The van der Waals surface area contributed by atoms with Gasteiger partial charge in [-0.3, -0.25) is 0 Å². The number of allylic oxidation sites excluding steroid dienone is 6. The highest BCUT2D eigenvalue weighted by molar-refractivity contribution is 6.26. The molecule has 0 saturated heterocycles. The Morgan fingerprint density at radius 1 is 0.511 bits per heavy atom. The van der Waals surface area contributed by atoms with Crippen LogP contribution in [0.1, 0.15) is 12.5 Å². The summed E-state index contributed by atoms with van der Waals surface area (Å²) in [5.41, 5.74) is 7.67. The van der Waals surface area contributed by atoms with Crippen LogP contribution in [0, 0.1) is 5.41 Å². The highest BCUT2D eigenvalue weighted by Crippen LogP contribution is 2.46. The Balaban J connectivity index is 1.57. The first-order chi connectivity index (χ1) is 22.0. The molecule has 7 rings (SSSR count). The van der Waals surface area contributed by atoms with Gasteiger partial charge in [0.15, 0.2) is 0 Å². The van der Waals surface area contributed by atoms with E-state index in [2.05, 4.69) is 141 Å². The lowest BCUT2D eigenvalue weighted by atomic mass is 9.83. The highest BCUT2D eigenvalue weighted by Gasteiger charge is 2.19. The lowest BCUT2D eigenvalue weighted by molar-refractivity contribution is 1.49. The van der Waals surface area contributed by atoms with Crippen molar-refractivity contribution in [3.8, 4) is 22.3 Å². The molecule has 0 fully saturated rings. The van der Waals surface area contributed by atoms with Crippen LogP contribution in [-0.2, 0) is 0 Å². The average Bonchev–Trinajstić information content (AvgIpc) is 3.09. The lowest BCUT2D eigenvalue weighted by Gasteiger charge is -2.20. The molecular formula is C44H33N. The molecule has 45 heavy (non-hydrogen) atoms. The molecule has 0 aromatic heterocycles. The van der Waals surface area contributed by atoms with E-state index in [9.17, 15) is 0 Å². The summed E-state index contributed by atoms with van der Waals surface area (Å²) in [6.45, 7) is 10.2. The van der Waals surface area contributed by atoms with Crippen molar-refractivity contribution in [2.24, 2.45) is 0 Å². The van der Waals surface area contributed by atoms with E-state index < -0.39 is 0 Å². The molecule has 0 bridgehead atoms. The van der Waals surface area contributed by atoms with Gasteiger partial charge in [0, 0.05) is 5.56 Å². The van der Waals surface area contributed by atoms with Crippen molar-refractivity contribution in [3.05, 3.63) is 182 Å². The zero-order chi connectivity index (χ0) is 30.9. The Hall–Kier alpha value is -5.79. The number of hydrogen-bond acceptors (Lipinski definition) is 1. The fraction of sp³-hybridized carbons (Fsp3) is 0.0227. The van der Waals surface area contributed by atoms with Gasteiger partial charge in [0.1, 0.15) is 0 Å². The van der Waals surface area contributed by atoms with E-state index in [1.54, 1.807) is 0 Å². The Kier molecular flexibility index (Phi) is 7.29. The molecule has 0 unspecified atom stereocenters. The molecule has 0 radical (unpaired) electrons. The van der Waals surface area contributed by atoms with Crippen molar-refractivity contribution < 1.29 is 0 Å². The molecule has 1 heteroatoms. The first-order valence-electron chi connectivity index (χ1n) is 15.3. The summed E-state index contributed by atoms with van der Waals surface area (Å²) in [6, 6.07) is 45.6. The summed E-state index contributed by atoms with van der Waals surface area (Å²) in [5, 5.41) is 18.7. The SMILES string of the molecule is C=C(/C=C\C)C(=C)/C=C\C(=N)c1ccc2c(-c3ccccc3)c3ccccc3c(-c3cc4ccccc4c4ccccc34)c2c1. The second-order valence-corrected chi connectivity index (χ2v) is 11.4. The first kappa shape index (κ1) is 28.0. The number of benzene rings is 7. The lowest BCUT2D eigenvalue weighted by Crippen LogP contribution is -1.97. The fourth-order valence-corrected chi connectivity index (χ4v) is 6.51. The molecule has 0 amide bonds. The first-order valence-corrected chi connectivity index (χ1v) is 15.3. The number of rotatable bonds is 7. The monoisotopic (exact) mass is 575 g/mol. The van der Waals surface area contributed by atoms with Crippen molar-refractivity contribution >= 4 is 48.8 Å². The third-order valence-corrected chi connectivity index (χ3v) is 8.67. The molecule has 0 aliphatic rings. The maximum absolute atomic E-state index is 9.06. The normalized spacial score (nSPS) is 11.8. The Bertz CT molecular complexity index is 2370. The summed E-state index contributed by atoms with van der Waals surface area (Å²) < 4.78 is 0. The molecule has 7 aromatic rings. The van der Waals surface area contributed by atoms with Gasteiger partial charge in [-0.1, -0.05) is 147 Å². The number of nitrogens with one attached hydrogen (secondary N) is 1. The molecule has 1 nitrogen and oxygen atoms in total. The molecule has 0 atom stereocenters. The van der Waals surface area contributed by atoms with E-state index in [1.807, 2.05) is 31.2 Å². The minimum absolute atomic E-state index is 0.426. The van der Waals surface area contributed by atoms with Crippen molar-refractivity contribution in [1.29, 1.82) is 5.41 Å². The van der Waals surface area contributed by atoms with Gasteiger partial charge in [0.2, 0.25) is 0 Å². The van der Waals surface area contributed by atoms with Crippen LogP contribution in [0.4, 0.5) is 0 Å². The molecule has 0 saturated carbocycles. The number of fused-ring (bicyclic) bond motifs is 5. The molecule has 0 aliphatic carbocycles. The third-order valence-electron chi connectivity index (χ3n) is 8.67. The molecule has 0 spiro atoms. The maximum Gasteiger partial charge on any atom is 0.0612 e. The van der Waals surface area contributed by atoms with Crippen LogP contribution in [0.3, 0.4) is 0 Å². The van der Waals surface area contributed by atoms with E-state index >= 15 is 0 Å². The van der Waals surface area contributed by atoms with Gasteiger partial charge in [-0.15, -0.1) is 0 Å². The molecule has 214 valence electrons. The van der Waals surface area contributed by atoms with Crippen LogP contribution in [0.2, 0.25) is 0 Å².